The summed E-state index contributed by atoms with van der Waals surface area (Å²) in [7, 11) is 0. The number of hydrogen-bond donors (Lipinski definition) is 2. The third-order valence-corrected chi connectivity index (χ3v) is 3.71. The second kappa shape index (κ2) is 6.33. The number of hydrogen-bond acceptors (Lipinski definition) is 6. The zero-order valence-electron chi connectivity index (χ0n) is 9.41. The number of rotatable bonds is 5. The topological polar surface area (TPSA) is 85.2 Å². The van der Waals surface area contributed by atoms with E-state index in [1.807, 2.05) is 24.3 Å². The molecule has 0 saturated carbocycles. The fourth-order valence-electron chi connectivity index (χ4n) is 1.24. The number of aliphatic hydroxyl groups is 1. The molecule has 0 radical (unpaired) electrons. The number of benzene rings is 1. The quantitative estimate of drug-likeness (QED) is 0.817. The van der Waals surface area contributed by atoms with Crippen molar-refractivity contribution in [3.8, 4) is 0 Å². The summed E-state index contributed by atoms with van der Waals surface area (Å²) in [4.78, 5) is 5.19. The molecule has 0 saturated heterocycles. The van der Waals surface area contributed by atoms with Crippen molar-refractivity contribution in [3.63, 3.8) is 0 Å². The van der Waals surface area contributed by atoms with Gasteiger partial charge in [0.25, 0.3) is 5.89 Å². The Kier molecular flexibility index (Phi) is 4.76. The predicted molar refractivity (Wildman–Crippen MR) is 72.0 cm³/mol. The van der Waals surface area contributed by atoms with Gasteiger partial charge in [-0.3, -0.25) is 0 Å². The molecule has 3 N–H and O–H groups in total. The van der Waals surface area contributed by atoms with Crippen LogP contribution < -0.4 is 5.73 Å². The summed E-state index contributed by atoms with van der Waals surface area (Å²) in [5, 5.41) is 13.2. The highest BCUT2D eigenvalue weighted by Gasteiger charge is 2.14. The summed E-state index contributed by atoms with van der Waals surface area (Å²) in [5.74, 6) is 1.30. The van der Waals surface area contributed by atoms with Gasteiger partial charge in [-0.1, -0.05) is 21.1 Å². The molecule has 0 fully saturated rings. The van der Waals surface area contributed by atoms with Crippen LogP contribution in [0.3, 0.4) is 0 Å². The lowest BCUT2D eigenvalue weighted by Gasteiger charge is -1.99. The molecule has 0 aliphatic carbocycles. The van der Waals surface area contributed by atoms with Crippen molar-refractivity contribution in [1.82, 2.24) is 10.1 Å². The smallest absolute Gasteiger partial charge is 0.256 e. The van der Waals surface area contributed by atoms with Gasteiger partial charge in [0.05, 0.1) is 5.75 Å². The van der Waals surface area contributed by atoms with Gasteiger partial charge in [-0.25, -0.2) is 0 Å². The number of halogens is 1. The van der Waals surface area contributed by atoms with E-state index in [4.69, 9.17) is 10.3 Å². The first-order chi connectivity index (χ1) is 8.69. The molecule has 0 aliphatic heterocycles. The fraction of sp³-hybridized carbons (Fsp3) is 0.273. The van der Waals surface area contributed by atoms with Crippen LogP contribution in [0, 0.1) is 0 Å². The lowest BCUT2D eigenvalue weighted by atomic mass is 10.4. The highest BCUT2D eigenvalue weighted by Crippen LogP contribution is 2.23. The first-order valence-electron chi connectivity index (χ1n) is 5.28. The summed E-state index contributed by atoms with van der Waals surface area (Å²) in [5.41, 5.74) is 5.31. The van der Waals surface area contributed by atoms with E-state index in [2.05, 4.69) is 26.1 Å². The molecule has 96 valence electrons. The molecular formula is C11H12BrN3O2S. The van der Waals surface area contributed by atoms with Crippen molar-refractivity contribution in [2.45, 2.75) is 16.8 Å². The molecule has 2 aromatic rings. The summed E-state index contributed by atoms with van der Waals surface area (Å²) in [6.07, 6.45) is -0.885. The summed E-state index contributed by atoms with van der Waals surface area (Å²) >= 11 is 4.98. The van der Waals surface area contributed by atoms with Gasteiger partial charge in [-0.2, -0.15) is 4.98 Å². The van der Waals surface area contributed by atoms with E-state index in [0.29, 0.717) is 11.6 Å². The number of thioether (sulfide) groups is 1. The van der Waals surface area contributed by atoms with Crippen molar-refractivity contribution >= 4 is 27.7 Å². The minimum Gasteiger partial charge on any atom is -0.382 e. The SMILES string of the molecule is NC[C@H](O)c1nc(CSc2ccc(Br)cc2)no1. The van der Waals surface area contributed by atoms with Crippen LogP contribution >= 0.6 is 27.7 Å². The molecule has 0 bridgehead atoms. The first kappa shape index (κ1) is 13.5. The fourth-order valence-corrected chi connectivity index (χ4v) is 2.25. The lowest BCUT2D eigenvalue weighted by molar-refractivity contribution is 0.141. The number of aromatic nitrogens is 2. The van der Waals surface area contributed by atoms with E-state index in [-0.39, 0.29) is 12.4 Å². The van der Waals surface area contributed by atoms with Gasteiger partial charge in [-0.15, -0.1) is 11.8 Å². The van der Waals surface area contributed by atoms with Crippen LogP contribution in [0.2, 0.25) is 0 Å². The molecule has 0 spiro atoms. The molecule has 1 aromatic heterocycles. The van der Waals surface area contributed by atoms with E-state index in [1.54, 1.807) is 11.8 Å². The van der Waals surface area contributed by atoms with Crippen molar-refractivity contribution in [2.24, 2.45) is 5.73 Å². The van der Waals surface area contributed by atoms with Crippen LogP contribution in [0.15, 0.2) is 38.2 Å². The van der Waals surface area contributed by atoms with Gasteiger partial charge in [-0.05, 0) is 24.3 Å². The van der Waals surface area contributed by atoms with Crippen LogP contribution in [0.4, 0.5) is 0 Å². The Morgan fingerprint density at radius 2 is 2.11 bits per heavy atom. The van der Waals surface area contributed by atoms with E-state index in [9.17, 15) is 5.11 Å². The minimum absolute atomic E-state index is 0.0709. The lowest BCUT2D eigenvalue weighted by Crippen LogP contribution is -2.11. The Hall–Kier alpha value is -0.890. The number of nitrogens with two attached hydrogens (primary N) is 1. The Morgan fingerprint density at radius 3 is 2.78 bits per heavy atom. The molecule has 1 heterocycles. The van der Waals surface area contributed by atoms with Gasteiger partial charge in [0.2, 0.25) is 0 Å². The normalized spacial score (nSPS) is 12.6. The molecule has 0 aliphatic rings. The van der Waals surface area contributed by atoms with Crippen LogP contribution in [0.1, 0.15) is 17.8 Å². The third-order valence-electron chi connectivity index (χ3n) is 2.17. The molecule has 1 aromatic carbocycles. The zero-order chi connectivity index (χ0) is 13.0. The van der Waals surface area contributed by atoms with E-state index in [0.717, 1.165) is 9.37 Å². The molecule has 7 heteroatoms. The van der Waals surface area contributed by atoms with Gasteiger partial charge >= 0.3 is 0 Å². The maximum atomic E-state index is 9.43. The zero-order valence-corrected chi connectivity index (χ0v) is 11.8. The average Bonchev–Trinajstić information content (AvgIpc) is 2.86. The van der Waals surface area contributed by atoms with Gasteiger partial charge < -0.3 is 15.4 Å². The highest BCUT2D eigenvalue weighted by atomic mass is 79.9. The molecule has 18 heavy (non-hydrogen) atoms. The molecule has 2 rings (SSSR count). The Morgan fingerprint density at radius 1 is 1.39 bits per heavy atom. The Labute approximate surface area is 117 Å². The van der Waals surface area contributed by atoms with Crippen LogP contribution in [0.25, 0.3) is 0 Å². The number of nitrogens with zero attached hydrogens (tertiary/aromatic N) is 2. The van der Waals surface area contributed by atoms with Crippen molar-refractivity contribution in [3.05, 3.63) is 40.5 Å². The molecular weight excluding hydrogens is 318 g/mol. The molecule has 0 unspecified atom stereocenters. The van der Waals surface area contributed by atoms with Crippen LogP contribution in [0.5, 0.6) is 0 Å². The maximum absolute atomic E-state index is 9.43. The molecule has 0 amide bonds. The van der Waals surface area contributed by atoms with Gasteiger partial charge in [0.15, 0.2) is 5.82 Å². The van der Waals surface area contributed by atoms with E-state index in [1.165, 1.54) is 0 Å². The molecule has 1 atom stereocenters. The third kappa shape index (κ3) is 3.55. The average molecular weight is 330 g/mol. The Balaban J connectivity index is 1.94. The minimum atomic E-state index is -0.885. The monoisotopic (exact) mass is 329 g/mol. The van der Waals surface area contributed by atoms with Gasteiger partial charge in [0, 0.05) is 15.9 Å². The van der Waals surface area contributed by atoms with Gasteiger partial charge in [0.1, 0.15) is 6.10 Å². The standard InChI is InChI=1S/C11H12BrN3O2S/c12-7-1-3-8(4-2-7)18-6-10-14-11(17-15-10)9(16)5-13/h1-4,9,16H,5-6,13H2/t9-/m0/s1. The van der Waals surface area contributed by atoms with Crippen molar-refractivity contribution < 1.29 is 9.63 Å². The second-order valence-corrected chi connectivity index (χ2v) is 5.51. The highest BCUT2D eigenvalue weighted by molar-refractivity contribution is 9.10. The second-order valence-electron chi connectivity index (χ2n) is 3.54. The number of aliphatic hydroxyl groups excluding tert-OH is 1. The van der Waals surface area contributed by atoms with E-state index < -0.39 is 6.10 Å². The largest absolute Gasteiger partial charge is 0.382 e. The van der Waals surface area contributed by atoms with Crippen molar-refractivity contribution in [1.29, 1.82) is 0 Å². The molecule has 5 nitrogen and oxygen atoms in total. The van der Waals surface area contributed by atoms with Crippen molar-refractivity contribution in [2.75, 3.05) is 6.54 Å². The summed E-state index contributed by atoms with van der Waals surface area (Å²) in [6.45, 7) is 0.0709. The van der Waals surface area contributed by atoms with Crippen LogP contribution in [-0.4, -0.2) is 21.8 Å². The van der Waals surface area contributed by atoms with Crippen LogP contribution in [-0.2, 0) is 5.75 Å². The summed E-state index contributed by atoms with van der Waals surface area (Å²) < 4.78 is 5.95. The first-order valence-corrected chi connectivity index (χ1v) is 7.06. The summed E-state index contributed by atoms with van der Waals surface area (Å²) in [6, 6.07) is 7.96. The Bertz CT molecular complexity index is 503. The maximum Gasteiger partial charge on any atom is 0.256 e. The predicted octanol–water partition coefficient (Wildman–Crippen LogP) is 2.12. The van der Waals surface area contributed by atoms with E-state index >= 15 is 0 Å².